The normalized spacial score (nSPS) is 28.4. The van der Waals surface area contributed by atoms with Gasteiger partial charge in [-0.1, -0.05) is 0 Å². The van der Waals surface area contributed by atoms with E-state index in [0.29, 0.717) is 0 Å². The highest BCUT2D eigenvalue weighted by Gasteiger charge is 2.29. The highest BCUT2D eigenvalue weighted by molar-refractivity contribution is 5.86. The molecule has 0 bridgehead atoms. The second kappa shape index (κ2) is 5.49. The van der Waals surface area contributed by atoms with Gasteiger partial charge in [0.05, 0.1) is 12.5 Å². The molecule has 2 unspecified atom stereocenters. The smallest absolute Gasteiger partial charge is 0.241 e. The first-order valence-corrected chi connectivity index (χ1v) is 6.47. The summed E-state index contributed by atoms with van der Waals surface area (Å²) in [6.07, 6.45) is 3.04. The van der Waals surface area contributed by atoms with Gasteiger partial charge >= 0.3 is 0 Å². The molecule has 0 aromatic carbocycles. The maximum Gasteiger partial charge on any atom is 0.241 e. The number of nitrogens with one attached hydrogen (secondary N) is 2. The molecule has 2 atom stereocenters. The molecular weight excluding hydrogens is 218 g/mol. The maximum atomic E-state index is 11.9. The fraction of sp³-hybridized carbons (Fsp3) is 0.833. The Balaban J connectivity index is 1.73. The minimum Gasteiger partial charge on any atom is -0.347 e. The van der Waals surface area contributed by atoms with Crippen molar-refractivity contribution in [1.82, 2.24) is 15.5 Å². The monoisotopic (exact) mass is 239 g/mol. The Bertz CT molecular complexity index is 300. The molecule has 2 fully saturated rings. The molecular formula is C12H21N3O2. The maximum absolute atomic E-state index is 11.9. The number of rotatable bonds is 3. The van der Waals surface area contributed by atoms with E-state index in [1.54, 1.807) is 0 Å². The van der Waals surface area contributed by atoms with E-state index in [0.717, 1.165) is 38.9 Å². The van der Waals surface area contributed by atoms with Crippen LogP contribution in [0, 0.1) is 5.92 Å². The first kappa shape index (κ1) is 12.4. The van der Waals surface area contributed by atoms with Crippen LogP contribution in [0.2, 0.25) is 0 Å². The molecule has 0 saturated carbocycles. The molecule has 2 amide bonds. The van der Waals surface area contributed by atoms with Crippen molar-refractivity contribution in [3.05, 3.63) is 0 Å². The van der Waals surface area contributed by atoms with Crippen molar-refractivity contribution in [3.8, 4) is 0 Å². The van der Waals surface area contributed by atoms with E-state index in [1.165, 1.54) is 0 Å². The van der Waals surface area contributed by atoms with Crippen LogP contribution in [0.5, 0.6) is 0 Å². The summed E-state index contributed by atoms with van der Waals surface area (Å²) < 4.78 is 0. The fourth-order valence-electron chi connectivity index (χ4n) is 2.59. The minimum absolute atomic E-state index is 0.00930. The van der Waals surface area contributed by atoms with E-state index in [2.05, 4.69) is 10.6 Å². The van der Waals surface area contributed by atoms with Gasteiger partial charge in [0.2, 0.25) is 11.8 Å². The number of carbonyl (C=O) groups excluding carboxylic acids is 2. The molecule has 2 saturated heterocycles. The summed E-state index contributed by atoms with van der Waals surface area (Å²) in [4.78, 5) is 25.4. The van der Waals surface area contributed by atoms with E-state index in [4.69, 9.17) is 0 Å². The second-order valence-corrected chi connectivity index (χ2v) is 4.94. The lowest BCUT2D eigenvalue weighted by Crippen LogP contribution is -2.42. The predicted octanol–water partition coefficient (Wildman–Crippen LogP) is -0.277. The zero-order valence-corrected chi connectivity index (χ0v) is 10.4. The standard InChI is InChI=1S/C12H21N3O2/c1-9-10(4-5-13-9)12(17)14-8-11(16)15-6-2-3-7-15/h9-10,13H,2-8H2,1H3,(H,14,17). The van der Waals surface area contributed by atoms with E-state index < -0.39 is 0 Å². The number of amides is 2. The molecule has 5 nitrogen and oxygen atoms in total. The molecule has 0 aromatic heterocycles. The summed E-state index contributed by atoms with van der Waals surface area (Å²) in [6, 6.07) is 0.219. The summed E-state index contributed by atoms with van der Waals surface area (Å²) in [5, 5.41) is 6.00. The average Bonchev–Trinajstić information content (AvgIpc) is 2.95. The van der Waals surface area contributed by atoms with Crippen LogP contribution in [0.3, 0.4) is 0 Å². The van der Waals surface area contributed by atoms with Crippen molar-refractivity contribution in [1.29, 1.82) is 0 Å². The van der Waals surface area contributed by atoms with Crippen LogP contribution in [-0.2, 0) is 9.59 Å². The van der Waals surface area contributed by atoms with Crippen LogP contribution in [-0.4, -0.2) is 48.9 Å². The molecule has 2 N–H and O–H groups in total. The van der Waals surface area contributed by atoms with E-state index in [-0.39, 0.29) is 30.3 Å². The van der Waals surface area contributed by atoms with Crippen LogP contribution < -0.4 is 10.6 Å². The van der Waals surface area contributed by atoms with E-state index in [1.807, 2.05) is 11.8 Å². The average molecular weight is 239 g/mol. The number of hydrogen-bond acceptors (Lipinski definition) is 3. The van der Waals surface area contributed by atoms with Crippen molar-refractivity contribution in [2.45, 2.75) is 32.2 Å². The molecule has 5 heteroatoms. The summed E-state index contributed by atoms with van der Waals surface area (Å²) >= 11 is 0. The number of nitrogens with zero attached hydrogens (tertiary/aromatic N) is 1. The van der Waals surface area contributed by atoms with Gasteiger partial charge < -0.3 is 15.5 Å². The Hall–Kier alpha value is -1.10. The van der Waals surface area contributed by atoms with Crippen molar-refractivity contribution in [3.63, 3.8) is 0 Å². The Kier molecular flexibility index (Phi) is 3.99. The summed E-state index contributed by atoms with van der Waals surface area (Å²) in [5.41, 5.74) is 0. The predicted molar refractivity (Wildman–Crippen MR) is 64.4 cm³/mol. The highest BCUT2D eigenvalue weighted by atomic mass is 16.2. The highest BCUT2D eigenvalue weighted by Crippen LogP contribution is 2.14. The van der Waals surface area contributed by atoms with Gasteiger partial charge in [0.25, 0.3) is 0 Å². The Morgan fingerprint density at radius 2 is 2.06 bits per heavy atom. The van der Waals surface area contributed by atoms with Crippen molar-refractivity contribution >= 4 is 11.8 Å². The van der Waals surface area contributed by atoms with E-state index >= 15 is 0 Å². The quantitative estimate of drug-likeness (QED) is 0.712. The van der Waals surface area contributed by atoms with Gasteiger partial charge in [-0.3, -0.25) is 9.59 Å². The van der Waals surface area contributed by atoms with Crippen LogP contribution in [0.15, 0.2) is 0 Å². The van der Waals surface area contributed by atoms with Gasteiger partial charge in [0.1, 0.15) is 0 Å². The Morgan fingerprint density at radius 3 is 2.65 bits per heavy atom. The molecule has 0 radical (unpaired) electrons. The van der Waals surface area contributed by atoms with Crippen LogP contribution >= 0.6 is 0 Å². The molecule has 2 aliphatic rings. The molecule has 17 heavy (non-hydrogen) atoms. The first-order chi connectivity index (χ1) is 8.18. The molecule has 0 spiro atoms. The first-order valence-electron chi connectivity index (χ1n) is 6.47. The van der Waals surface area contributed by atoms with Gasteiger partial charge in [0, 0.05) is 19.1 Å². The Labute approximate surface area is 102 Å². The third-order valence-corrected chi connectivity index (χ3v) is 3.73. The molecule has 96 valence electrons. The Morgan fingerprint density at radius 1 is 1.35 bits per heavy atom. The molecule has 2 rings (SSSR count). The number of hydrogen-bond donors (Lipinski definition) is 2. The largest absolute Gasteiger partial charge is 0.347 e. The minimum atomic E-state index is 0.00930. The summed E-state index contributed by atoms with van der Waals surface area (Å²) in [5.74, 6) is 0.0749. The van der Waals surface area contributed by atoms with Gasteiger partial charge in [-0.2, -0.15) is 0 Å². The number of carbonyl (C=O) groups is 2. The lowest BCUT2D eigenvalue weighted by Gasteiger charge is -2.18. The number of likely N-dealkylation sites (tertiary alicyclic amines) is 1. The third-order valence-electron chi connectivity index (χ3n) is 3.73. The van der Waals surface area contributed by atoms with Crippen molar-refractivity contribution < 1.29 is 9.59 Å². The topological polar surface area (TPSA) is 61.4 Å². The summed E-state index contributed by atoms with van der Waals surface area (Å²) in [6.45, 7) is 4.74. The van der Waals surface area contributed by atoms with Crippen LogP contribution in [0.1, 0.15) is 26.2 Å². The molecule has 2 heterocycles. The lowest BCUT2D eigenvalue weighted by atomic mass is 10.0. The van der Waals surface area contributed by atoms with Gasteiger partial charge in [-0.05, 0) is 32.7 Å². The second-order valence-electron chi connectivity index (χ2n) is 4.94. The lowest BCUT2D eigenvalue weighted by molar-refractivity contribution is -0.133. The molecule has 2 aliphatic heterocycles. The van der Waals surface area contributed by atoms with Crippen molar-refractivity contribution in [2.75, 3.05) is 26.2 Å². The van der Waals surface area contributed by atoms with Gasteiger partial charge in [-0.25, -0.2) is 0 Å². The molecule has 0 aromatic rings. The van der Waals surface area contributed by atoms with Gasteiger partial charge in [-0.15, -0.1) is 0 Å². The summed E-state index contributed by atoms with van der Waals surface area (Å²) in [7, 11) is 0. The SMILES string of the molecule is CC1NCCC1C(=O)NCC(=O)N1CCCC1. The van der Waals surface area contributed by atoms with E-state index in [9.17, 15) is 9.59 Å². The third kappa shape index (κ3) is 2.97. The van der Waals surface area contributed by atoms with Crippen molar-refractivity contribution in [2.24, 2.45) is 5.92 Å². The zero-order valence-electron chi connectivity index (χ0n) is 10.4. The van der Waals surface area contributed by atoms with Crippen LogP contribution in [0.25, 0.3) is 0 Å². The zero-order chi connectivity index (χ0) is 12.3. The fourth-order valence-corrected chi connectivity index (χ4v) is 2.59. The molecule has 0 aliphatic carbocycles. The van der Waals surface area contributed by atoms with Gasteiger partial charge in [0.15, 0.2) is 0 Å². The van der Waals surface area contributed by atoms with Crippen LogP contribution in [0.4, 0.5) is 0 Å².